The number of halogens is 3. The SMILES string of the molecule is NC(=NCc1ccc(C(F)(F)F)cc1)NCC1CCC1. The van der Waals surface area contributed by atoms with Crippen LogP contribution in [-0.4, -0.2) is 12.5 Å². The van der Waals surface area contributed by atoms with Crippen molar-refractivity contribution in [3.05, 3.63) is 35.4 Å². The third-order valence-corrected chi connectivity index (χ3v) is 3.51. The summed E-state index contributed by atoms with van der Waals surface area (Å²) < 4.78 is 37.2. The predicted molar refractivity (Wildman–Crippen MR) is 72.1 cm³/mol. The van der Waals surface area contributed by atoms with Crippen LogP contribution < -0.4 is 11.1 Å². The first-order valence-electron chi connectivity index (χ1n) is 6.65. The average Bonchev–Trinajstić information content (AvgIpc) is 2.34. The van der Waals surface area contributed by atoms with E-state index < -0.39 is 11.7 Å². The van der Waals surface area contributed by atoms with E-state index in [1.807, 2.05) is 0 Å². The number of aliphatic imine (C=N–C) groups is 1. The first-order chi connectivity index (χ1) is 9.45. The highest BCUT2D eigenvalue weighted by atomic mass is 19.4. The van der Waals surface area contributed by atoms with E-state index in [1.165, 1.54) is 31.4 Å². The molecule has 0 atom stereocenters. The molecule has 0 heterocycles. The van der Waals surface area contributed by atoms with E-state index in [0.717, 1.165) is 18.7 Å². The highest BCUT2D eigenvalue weighted by Crippen LogP contribution is 2.29. The second-order valence-electron chi connectivity index (χ2n) is 5.07. The number of rotatable bonds is 4. The number of benzene rings is 1. The van der Waals surface area contributed by atoms with Crippen LogP contribution in [0.1, 0.15) is 30.4 Å². The zero-order valence-electron chi connectivity index (χ0n) is 11.1. The van der Waals surface area contributed by atoms with E-state index in [4.69, 9.17) is 5.73 Å². The Balaban J connectivity index is 1.83. The van der Waals surface area contributed by atoms with Crippen molar-refractivity contribution in [1.29, 1.82) is 0 Å². The molecule has 0 spiro atoms. The fourth-order valence-electron chi connectivity index (χ4n) is 1.98. The number of hydrogen-bond acceptors (Lipinski definition) is 1. The summed E-state index contributed by atoms with van der Waals surface area (Å²) >= 11 is 0. The molecule has 0 radical (unpaired) electrons. The fraction of sp³-hybridized carbons (Fsp3) is 0.500. The van der Waals surface area contributed by atoms with Gasteiger partial charge in [0.25, 0.3) is 0 Å². The molecule has 0 unspecified atom stereocenters. The van der Waals surface area contributed by atoms with Crippen molar-refractivity contribution >= 4 is 5.96 Å². The molecule has 1 saturated carbocycles. The molecule has 1 aliphatic rings. The second-order valence-corrected chi connectivity index (χ2v) is 5.07. The summed E-state index contributed by atoms with van der Waals surface area (Å²) in [7, 11) is 0. The van der Waals surface area contributed by atoms with E-state index >= 15 is 0 Å². The summed E-state index contributed by atoms with van der Waals surface area (Å²) in [5, 5.41) is 3.04. The Bertz CT molecular complexity index is 462. The molecule has 1 aromatic carbocycles. The molecule has 0 bridgehead atoms. The molecular formula is C14H18F3N3. The van der Waals surface area contributed by atoms with Crippen molar-refractivity contribution in [3.8, 4) is 0 Å². The number of nitrogens with zero attached hydrogens (tertiary/aromatic N) is 1. The first-order valence-corrected chi connectivity index (χ1v) is 6.65. The fourth-order valence-corrected chi connectivity index (χ4v) is 1.98. The Morgan fingerprint density at radius 1 is 1.25 bits per heavy atom. The molecule has 0 aliphatic heterocycles. The average molecular weight is 285 g/mol. The predicted octanol–water partition coefficient (Wildman–Crippen LogP) is 2.91. The Kier molecular flexibility index (Phi) is 4.52. The highest BCUT2D eigenvalue weighted by Gasteiger charge is 2.29. The normalized spacial score (nSPS) is 16.9. The van der Waals surface area contributed by atoms with Crippen molar-refractivity contribution < 1.29 is 13.2 Å². The highest BCUT2D eigenvalue weighted by molar-refractivity contribution is 5.77. The third-order valence-electron chi connectivity index (χ3n) is 3.51. The molecule has 0 saturated heterocycles. The van der Waals surface area contributed by atoms with E-state index in [9.17, 15) is 13.2 Å². The zero-order chi connectivity index (χ0) is 14.6. The molecule has 0 amide bonds. The summed E-state index contributed by atoms with van der Waals surface area (Å²) in [6, 6.07) is 4.96. The lowest BCUT2D eigenvalue weighted by atomic mass is 9.85. The van der Waals surface area contributed by atoms with Gasteiger partial charge in [0.2, 0.25) is 0 Å². The van der Waals surface area contributed by atoms with Gasteiger partial charge in [0, 0.05) is 6.54 Å². The van der Waals surface area contributed by atoms with Gasteiger partial charge in [-0.25, -0.2) is 4.99 Å². The van der Waals surface area contributed by atoms with E-state index in [0.29, 0.717) is 17.4 Å². The number of alkyl halides is 3. The lowest BCUT2D eigenvalue weighted by Crippen LogP contribution is -2.37. The molecule has 1 aromatic rings. The maximum Gasteiger partial charge on any atom is 0.416 e. The van der Waals surface area contributed by atoms with Gasteiger partial charge in [0.1, 0.15) is 0 Å². The minimum Gasteiger partial charge on any atom is -0.370 e. The zero-order valence-corrected chi connectivity index (χ0v) is 11.1. The minimum absolute atomic E-state index is 0.279. The first kappa shape index (κ1) is 14.7. The van der Waals surface area contributed by atoms with Crippen molar-refractivity contribution in [3.63, 3.8) is 0 Å². The van der Waals surface area contributed by atoms with Crippen LogP contribution in [-0.2, 0) is 12.7 Å². The quantitative estimate of drug-likeness (QED) is 0.660. The van der Waals surface area contributed by atoms with E-state index in [2.05, 4.69) is 10.3 Å². The molecule has 20 heavy (non-hydrogen) atoms. The summed E-state index contributed by atoms with van der Waals surface area (Å²) in [6.45, 7) is 1.10. The maximum absolute atomic E-state index is 12.4. The van der Waals surface area contributed by atoms with Gasteiger partial charge in [0.15, 0.2) is 5.96 Å². The molecule has 110 valence electrons. The van der Waals surface area contributed by atoms with Crippen LogP contribution in [0.4, 0.5) is 13.2 Å². The molecule has 0 aromatic heterocycles. The van der Waals surface area contributed by atoms with Gasteiger partial charge in [-0.15, -0.1) is 0 Å². The molecular weight excluding hydrogens is 267 g/mol. The molecule has 6 heteroatoms. The van der Waals surface area contributed by atoms with Gasteiger partial charge >= 0.3 is 6.18 Å². The largest absolute Gasteiger partial charge is 0.416 e. The molecule has 1 fully saturated rings. The van der Waals surface area contributed by atoms with E-state index in [1.54, 1.807) is 0 Å². The van der Waals surface area contributed by atoms with Crippen LogP contribution in [0.2, 0.25) is 0 Å². The number of nitrogens with one attached hydrogen (secondary N) is 1. The summed E-state index contributed by atoms with van der Waals surface area (Å²) in [5.41, 5.74) is 5.76. The van der Waals surface area contributed by atoms with Crippen LogP contribution >= 0.6 is 0 Å². The Morgan fingerprint density at radius 2 is 1.90 bits per heavy atom. The van der Waals surface area contributed by atoms with Gasteiger partial charge in [-0.05, 0) is 36.5 Å². The lowest BCUT2D eigenvalue weighted by Gasteiger charge is -2.25. The lowest BCUT2D eigenvalue weighted by molar-refractivity contribution is -0.137. The smallest absolute Gasteiger partial charge is 0.370 e. The minimum atomic E-state index is -4.30. The molecule has 1 aliphatic carbocycles. The van der Waals surface area contributed by atoms with Gasteiger partial charge in [0.05, 0.1) is 12.1 Å². The number of hydrogen-bond donors (Lipinski definition) is 2. The van der Waals surface area contributed by atoms with Gasteiger partial charge in [-0.1, -0.05) is 18.6 Å². The molecule has 3 nitrogen and oxygen atoms in total. The van der Waals surface area contributed by atoms with Crippen molar-refractivity contribution in [2.24, 2.45) is 16.6 Å². The Hall–Kier alpha value is -1.72. The van der Waals surface area contributed by atoms with Crippen molar-refractivity contribution in [2.75, 3.05) is 6.54 Å². The molecule has 2 rings (SSSR count). The number of guanidine groups is 1. The standard InChI is InChI=1S/C14H18F3N3/c15-14(16,17)12-6-4-11(5-7-12)9-20-13(18)19-8-10-2-1-3-10/h4-7,10H,1-3,8-9H2,(H3,18,19,20). The monoisotopic (exact) mass is 285 g/mol. The van der Waals surface area contributed by atoms with Gasteiger partial charge in [-0.2, -0.15) is 13.2 Å². The maximum atomic E-state index is 12.4. The van der Waals surface area contributed by atoms with Gasteiger partial charge in [-0.3, -0.25) is 0 Å². The van der Waals surface area contributed by atoms with Crippen LogP contribution in [0.25, 0.3) is 0 Å². The number of nitrogens with two attached hydrogens (primary N) is 1. The topological polar surface area (TPSA) is 50.4 Å². The summed E-state index contributed by atoms with van der Waals surface area (Å²) in [4.78, 5) is 4.12. The third kappa shape index (κ3) is 4.15. The molecule has 3 N–H and O–H groups in total. The van der Waals surface area contributed by atoms with E-state index in [-0.39, 0.29) is 6.54 Å². The summed E-state index contributed by atoms with van der Waals surface area (Å²) in [6.07, 6.45) is -0.585. The van der Waals surface area contributed by atoms with Crippen LogP contribution in [0.5, 0.6) is 0 Å². The van der Waals surface area contributed by atoms with Crippen molar-refractivity contribution in [2.45, 2.75) is 32.0 Å². The second kappa shape index (κ2) is 6.15. The Labute approximate surface area is 116 Å². The van der Waals surface area contributed by atoms with Crippen LogP contribution in [0.3, 0.4) is 0 Å². The van der Waals surface area contributed by atoms with Crippen molar-refractivity contribution in [1.82, 2.24) is 5.32 Å². The van der Waals surface area contributed by atoms with Crippen LogP contribution in [0.15, 0.2) is 29.3 Å². The van der Waals surface area contributed by atoms with Gasteiger partial charge < -0.3 is 11.1 Å². The summed E-state index contributed by atoms with van der Waals surface area (Å²) in [5.74, 6) is 1.02. The Morgan fingerprint density at radius 3 is 2.40 bits per heavy atom. The van der Waals surface area contributed by atoms with Crippen LogP contribution in [0, 0.1) is 5.92 Å².